The van der Waals surface area contributed by atoms with Crippen molar-refractivity contribution in [2.45, 2.75) is 12.3 Å². The van der Waals surface area contributed by atoms with Gasteiger partial charge in [-0.2, -0.15) is 0 Å². The second-order valence-corrected chi connectivity index (χ2v) is 3.71. The molecule has 0 fully saturated rings. The van der Waals surface area contributed by atoms with Crippen LogP contribution in [0.25, 0.3) is 0 Å². The van der Waals surface area contributed by atoms with Crippen LogP contribution in [0.4, 0.5) is 5.69 Å². The summed E-state index contributed by atoms with van der Waals surface area (Å²) in [5.41, 5.74) is 8.44. The third kappa shape index (κ3) is 1.42. The van der Waals surface area contributed by atoms with Crippen molar-refractivity contribution in [2.24, 2.45) is 5.73 Å². The van der Waals surface area contributed by atoms with Gasteiger partial charge in [0.25, 0.3) is 0 Å². The van der Waals surface area contributed by atoms with Crippen molar-refractivity contribution >= 4 is 5.69 Å². The van der Waals surface area contributed by atoms with Crippen molar-refractivity contribution in [3.05, 3.63) is 29.8 Å². The summed E-state index contributed by atoms with van der Waals surface area (Å²) in [4.78, 5) is 2.32. The van der Waals surface area contributed by atoms with Crippen molar-refractivity contribution < 1.29 is 0 Å². The zero-order chi connectivity index (χ0) is 9.26. The molecule has 0 radical (unpaired) electrons. The molecule has 2 nitrogen and oxygen atoms in total. The fraction of sp³-hybridized carbons (Fsp3) is 0.455. The van der Waals surface area contributed by atoms with E-state index in [0.717, 1.165) is 19.5 Å². The van der Waals surface area contributed by atoms with Crippen LogP contribution < -0.4 is 10.6 Å². The minimum Gasteiger partial charge on any atom is -0.374 e. The van der Waals surface area contributed by atoms with Gasteiger partial charge in [0.15, 0.2) is 0 Å². The number of anilines is 1. The molecule has 2 heteroatoms. The number of nitrogens with zero attached hydrogens (tertiary/aromatic N) is 1. The van der Waals surface area contributed by atoms with E-state index >= 15 is 0 Å². The topological polar surface area (TPSA) is 29.3 Å². The quantitative estimate of drug-likeness (QED) is 0.741. The van der Waals surface area contributed by atoms with Crippen LogP contribution in [0.2, 0.25) is 0 Å². The van der Waals surface area contributed by atoms with Crippen LogP contribution in [0, 0.1) is 0 Å². The molecule has 2 N–H and O–H groups in total. The second kappa shape index (κ2) is 3.38. The minimum absolute atomic E-state index is 0.645. The molecule has 0 saturated heterocycles. The Morgan fingerprint density at radius 1 is 1.46 bits per heavy atom. The lowest BCUT2D eigenvalue weighted by atomic mass is 9.98. The van der Waals surface area contributed by atoms with Gasteiger partial charge in [0.2, 0.25) is 0 Å². The van der Waals surface area contributed by atoms with E-state index in [0.29, 0.717) is 5.92 Å². The lowest BCUT2D eigenvalue weighted by Crippen LogP contribution is -2.16. The predicted octanol–water partition coefficient (Wildman–Crippen LogP) is 1.57. The molecular weight excluding hydrogens is 160 g/mol. The highest BCUT2D eigenvalue weighted by atomic mass is 15.1. The maximum absolute atomic E-state index is 5.59. The fourth-order valence-corrected chi connectivity index (χ4v) is 2.16. The summed E-state index contributed by atoms with van der Waals surface area (Å²) in [5, 5.41) is 0. The van der Waals surface area contributed by atoms with Crippen molar-refractivity contribution in [1.82, 2.24) is 0 Å². The third-order valence-electron chi connectivity index (χ3n) is 2.80. The SMILES string of the molecule is CN1CC(CCN)c2ccccc21. The van der Waals surface area contributed by atoms with E-state index in [2.05, 4.69) is 36.2 Å². The van der Waals surface area contributed by atoms with Gasteiger partial charge in [-0.15, -0.1) is 0 Å². The highest BCUT2D eigenvalue weighted by Gasteiger charge is 2.24. The summed E-state index contributed by atoms with van der Waals surface area (Å²) in [6.45, 7) is 1.91. The van der Waals surface area contributed by atoms with E-state index in [4.69, 9.17) is 5.73 Å². The standard InChI is InChI=1S/C11H16N2/c1-13-8-9(6-7-12)10-4-2-3-5-11(10)13/h2-5,9H,6-8,12H2,1H3. The van der Waals surface area contributed by atoms with Gasteiger partial charge in [-0.1, -0.05) is 18.2 Å². The fourth-order valence-electron chi connectivity index (χ4n) is 2.16. The molecule has 1 unspecified atom stereocenters. The summed E-state index contributed by atoms with van der Waals surface area (Å²) in [7, 11) is 2.15. The van der Waals surface area contributed by atoms with Crippen LogP contribution in [0.3, 0.4) is 0 Å². The van der Waals surface area contributed by atoms with Crippen molar-refractivity contribution in [3.8, 4) is 0 Å². The Morgan fingerprint density at radius 3 is 3.00 bits per heavy atom. The van der Waals surface area contributed by atoms with E-state index in [1.54, 1.807) is 0 Å². The van der Waals surface area contributed by atoms with E-state index in [1.165, 1.54) is 11.3 Å². The Hall–Kier alpha value is -1.02. The Balaban J connectivity index is 2.30. The number of hydrogen-bond donors (Lipinski definition) is 1. The van der Waals surface area contributed by atoms with E-state index in [-0.39, 0.29) is 0 Å². The smallest absolute Gasteiger partial charge is 0.0399 e. The molecule has 0 saturated carbocycles. The average Bonchev–Trinajstić information content (AvgIpc) is 2.46. The molecule has 13 heavy (non-hydrogen) atoms. The molecule has 0 aliphatic carbocycles. The predicted molar refractivity (Wildman–Crippen MR) is 56.1 cm³/mol. The maximum atomic E-state index is 5.59. The number of likely N-dealkylation sites (N-methyl/N-ethyl adjacent to an activating group) is 1. The number of fused-ring (bicyclic) bond motifs is 1. The van der Waals surface area contributed by atoms with Crippen molar-refractivity contribution in [2.75, 3.05) is 25.0 Å². The molecule has 1 aromatic carbocycles. The van der Waals surface area contributed by atoms with Gasteiger partial charge in [0, 0.05) is 25.2 Å². The zero-order valence-corrected chi connectivity index (χ0v) is 8.03. The summed E-state index contributed by atoms with van der Waals surface area (Å²) in [6, 6.07) is 8.62. The van der Waals surface area contributed by atoms with Crippen LogP contribution in [-0.4, -0.2) is 20.1 Å². The van der Waals surface area contributed by atoms with Crippen LogP contribution in [0.5, 0.6) is 0 Å². The molecule has 70 valence electrons. The minimum atomic E-state index is 0.645. The number of nitrogens with two attached hydrogens (primary N) is 1. The molecule has 1 aliphatic rings. The average molecular weight is 176 g/mol. The lowest BCUT2D eigenvalue weighted by molar-refractivity contribution is 0.662. The molecule has 0 aromatic heterocycles. The number of benzene rings is 1. The molecule has 1 atom stereocenters. The number of rotatable bonds is 2. The van der Waals surface area contributed by atoms with E-state index in [9.17, 15) is 0 Å². The molecule has 0 bridgehead atoms. The Bertz CT molecular complexity index is 296. The molecular formula is C11H16N2. The zero-order valence-electron chi connectivity index (χ0n) is 8.03. The van der Waals surface area contributed by atoms with Crippen LogP contribution >= 0.6 is 0 Å². The first-order valence-electron chi connectivity index (χ1n) is 4.83. The summed E-state index contributed by atoms with van der Waals surface area (Å²) < 4.78 is 0. The van der Waals surface area contributed by atoms with Gasteiger partial charge in [-0.05, 0) is 24.6 Å². The van der Waals surface area contributed by atoms with Gasteiger partial charge in [-0.3, -0.25) is 0 Å². The Morgan fingerprint density at radius 2 is 2.23 bits per heavy atom. The monoisotopic (exact) mass is 176 g/mol. The van der Waals surface area contributed by atoms with E-state index in [1.807, 2.05) is 0 Å². The largest absolute Gasteiger partial charge is 0.374 e. The molecule has 0 amide bonds. The van der Waals surface area contributed by atoms with Crippen molar-refractivity contribution in [1.29, 1.82) is 0 Å². The Labute approximate surface area is 79.4 Å². The van der Waals surface area contributed by atoms with Gasteiger partial charge in [0.1, 0.15) is 0 Å². The van der Waals surface area contributed by atoms with E-state index < -0.39 is 0 Å². The molecule has 1 aliphatic heterocycles. The summed E-state index contributed by atoms with van der Waals surface area (Å²) in [6.07, 6.45) is 1.10. The second-order valence-electron chi connectivity index (χ2n) is 3.71. The number of hydrogen-bond acceptors (Lipinski definition) is 2. The maximum Gasteiger partial charge on any atom is 0.0399 e. The van der Waals surface area contributed by atoms with Gasteiger partial charge >= 0.3 is 0 Å². The van der Waals surface area contributed by atoms with Crippen LogP contribution in [0.1, 0.15) is 17.9 Å². The molecule has 0 spiro atoms. The highest BCUT2D eigenvalue weighted by Crippen LogP contribution is 2.36. The molecule has 1 aromatic rings. The summed E-state index contributed by atoms with van der Waals surface area (Å²) in [5.74, 6) is 0.645. The molecule has 1 heterocycles. The van der Waals surface area contributed by atoms with Gasteiger partial charge < -0.3 is 10.6 Å². The van der Waals surface area contributed by atoms with Crippen molar-refractivity contribution in [3.63, 3.8) is 0 Å². The lowest BCUT2D eigenvalue weighted by Gasteiger charge is -2.11. The third-order valence-corrected chi connectivity index (χ3v) is 2.80. The summed E-state index contributed by atoms with van der Waals surface area (Å²) >= 11 is 0. The highest BCUT2D eigenvalue weighted by molar-refractivity contribution is 5.59. The van der Waals surface area contributed by atoms with Crippen LogP contribution in [-0.2, 0) is 0 Å². The first-order valence-corrected chi connectivity index (χ1v) is 4.83. The van der Waals surface area contributed by atoms with Gasteiger partial charge in [0.05, 0.1) is 0 Å². The van der Waals surface area contributed by atoms with Crippen LogP contribution in [0.15, 0.2) is 24.3 Å². The first kappa shape index (κ1) is 8.57. The Kier molecular flexibility index (Phi) is 2.23. The van der Waals surface area contributed by atoms with Gasteiger partial charge in [-0.25, -0.2) is 0 Å². The molecule has 2 rings (SSSR count). The number of para-hydroxylation sites is 1. The normalized spacial score (nSPS) is 20.5. The first-order chi connectivity index (χ1) is 6.33.